The number of phenolic OH excluding ortho intramolecular Hbond substituents is 1. The number of amides is 1. The molecule has 2 aromatic rings. The maximum Gasteiger partial charge on any atom is 0.261 e. The molecule has 1 amide bonds. The molecule has 0 unspecified atom stereocenters. The van der Waals surface area contributed by atoms with Gasteiger partial charge in [-0.1, -0.05) is 31.2 Å². The molecule has 0 saturated carbocycles. The highest BCUT2D eigenvalue weighted by Gasteiger charge is 2.17. The van der Waals surface area contributed by atoms with Crippen LogP contribution in [0.2, 0.25) is 0 Å². The number of aromatic hydroxyl groups is 1. The molecule has 20 heavy (non-hydrogen) atoms. The summed E-state index contributed by atoms with van der Waals surface area (Å²) in [6, 6.07) is 13.1. The summed E-state index contributed by atoms with van der Waals surface area (Å²) in [5, 5.41) is 10.00. The van der Waals surface area contributed by atoms with Gasteiger partial charge in [0, 0.05) is 12.7 Å². The molecule has 104 valence electrons. The second-order valence-electron chi connectivity index (χ2n) is 4.86. The Morgan fingerprint density at radius 1 is 1.15 bits per heavy atom. The number of carbonyl (C=O) groups is 1. The molecular weight excluding hydrogens is 250 g/mol. The first kappa shape index (κ1) is 14.1. The van der Waals surface area contributed by atoms with E-state index in [0.29, 0.717) is 11.1 Å². The SMILES string of the molecule is CCc1ccc(N(C)C(=O)c2cccc(C)c2O)cc1. The van der Waals surface area contributed by atoms with E-state index >= 15 is 0 Å². The zero-order valence-corrected chi connectivity index (χ0v) is 12.1. The number of carbonyl (C=O) groups excluding carboxylic acids is 1. The molecular formula is C17H19NO2. The van der Waals surface area contributed by atoms with Gasteiger partial charge in [0.25, 0.3) is 5.91 Å². The van der Waals surface area contributed by atoms with E-state index in [-0.39, 0.29) is 11.7 Å². The zero-order valence-electron chi connectivity index (χ0n) is 12.1. The van der Waals surface area contributed by atoms with E-state index in [1.807, 2.05) is 24.3 Å². The molecule has 0 aliphatic carbocycles. The lowest BCUT2D eigenvalue weighted by Gasteiger charge is -2.18. The third-order valence-electron chi connectivity index (χ3n) is 3.50. The number of rotatable bonds is 3. The normalized spacial score (nSPS) is 10.3. The molecule has 0 aliphatic rings. The lowest BCUT2D eigenvalue weighted by atomic mass is 10.1. The van der Waals surface area contributed by atoms with Crippen LogP contribution in [0.15, 0.2) is 42.5 Å². The molecule has 3 nitrogen and oxygen atoms in total. The van der Waals surface area contributed by atoms with Crippen molar-refractivity contribution in [1.82, 2.24) is 0 Å². The predicted molar refractivity (Wildman–Crippen MR) is 81.4 cm³/mol. The summed E-state index contributed by atoms with van der Waals surface area (Å²) in [6.07, 6.45) is 0.969. The monoisotopic (exact) mass is 269 g/mol. The van der Waals surface area contributed by atoms with Crippen LogP contribution in [0.1, 0.15) is 28.4 Å². The van der Waals surface area contributed by atoms with Gasteiger partial charge in [-0.25, -0.2) is 0 Å². The van der Waals surface area contributed by atoms with Gasteiger partial charge in [-0.2, -0.15) is 0 Å². The van der Waals surface area contributed by atoms with Crippen molar-refractivity contribution < 1.29 is 9.90 Å². The van der Waals surface area contributed by atoms with Crippen LogP contribution < -0.4 is 4.90 Å². The molecule has 0 heterocycles. The minimum Gasteiger partial charge on any atom is -0.507 e. The Morgan fingerprint density at radius 2 is 1.80 bits per heavy atom. The zero-order chi connectivity index (χ0) is 14.7. The van der Waals surface area contributed by atoms with Crippen LogP contribution >= 0.6 is 0 Å². The van der Waals surface area contributed by atoms with Crippen LogP contribution in [0, 0.1) is 6.92 Å². The molecule has 0 saturated heterocycles. The summed E-state index contributed by atoms with van der Waals surface area (Å²) in [6.45, 7) is 3.87. The van der Waals surface area contributed by atoms with Crippen LogP contribution in [-0.2, 0) is 6.42 Å². The molecule has 0 atom stereocenters. The molecule has 0 bridgehead atoms. The highest BCUT2D eigenvalue weighted by Crippen LogP contribution is 2.24. The highest BCUT2D eigenvalue weighted by atomic mass is 16.3. The summed E-state index contributed by atoms with van der Waals surface area (Å²) in [7, 11) is 1.71. The maximum absolute atomic E-state index is 12.4. The van der Waals surface area contributed by atoms with Crippen molar-refractivity contribution >= 4 is 11.6 Å². The van der Waals surface area contributed by atoms with E-state index in [9.17, 15) is 9.90 Å². The summed E-state index contributed by atoms with van der Waals surface area (Å²) < 4.78 is 0. The molecule has 0 fully saturated rings. The largest absolute Gasteiger partial charge is 0.507 e. The lowest BCUT2D eigenvalue weighted by Crippen LogP contribution is -2.26. The average Bonchev–Trinajstić information content (AvgIpc) is 2.48. The fraction of sp³-hybridized carbons (Fsp3) is 0.235. The second-order valence-corrected chi connectivity index (χ2v) is 4.86. The quantitative estimate of drug-likeness (QED) is 0.925. The van der Waals surface area contributed by atoms with Crippen molar-refractivity contribution in [3.8, 4) is 5.75 Å². The van der Waals surface area contributed by atoms with Gasteiger partial charge >= 0.3 is 0 Å². The van der Waals surface area contributed by atoms with Crippen LogP contribution in [0.3, 0.4) is 0 Å². The number of anilines is 1. The van der Waals surface area contributed by atoms with E-state index < -0.39 is 0 Å². The molecule has 2 rings (SSSR count). The van der Waals surface area contributed by atoms with Crippen molar-refractivity contribution in [2.24, 2.45) is 0 Å². The first-order valence-corrected chi connectivity index (χ1v) is 6.70. The lowest BCUT2D eigenvalue weighted by molar-refractivity contribution is 0.0990. The molecule has 0 aliphatic heterocycles. The topological polar surface area (TPSA) is 40.5 Å². The number of nitrogens with zero attached hydrogens (tertiary/aromatic N) is 1. The number of benzene rings is 2. The van der Waals surface area contributed by atoms with Crippen molar-refractivity contribution in [1.29, 1.82) is 0 Å². The highest BCUT2D eigenvalue weighted by molar-refractivity contribution is 6.07. The summed E-state index contributed by atoms with van der Waals surface area (Å²) in [4.78, 5) is 14.0. The third-order valence-corrected chi connectivity index (χ3v) is 3.50. The molecule has 0 spiro atoms. The van der Waals surface area contributed by atoms with Gasteiger partial charge in [0.1, 0.15) is 5.75 Å². The molecule has 0 radical (unpaired) electrons. The van der Waals surface area contributed by atoms with Crippen molar-refractivity contribution in [3.05, 3.63) is 59.2 Å². The smallest absolute Gasteiger partial charge is 0.261 e. The van der Waals surface area contributed by atoms with E-state index in [4.69, 9.17) is 0 Å². The van der Waals surface area contributed by atoms with Gasteiger partial charge in [-0.3, -0.25) is 4.79 Å². The fourth-order valence-corrected chi connectivity index (χ4v) is 2.08. The van der Waals surface area contributed by atoms with Crippen molar-refractivity contribution in [2.75, 3.05) is 11.9 Å². The van der Waals surface area contributed by atoms with Crippen molar-refractivity contribution in [3.63, 3.8) is 0 Å². The Balaban J connectivity index is 2.29. The Hall–Kier alpha value is -2.29. The number of para-hydroxylation sites is 1. The Morgan fingerprint density at radius 3 is 2.40 bits per heavy atom. The first-order valence-electron chi connectivity index (χ1n) is 6.70. The summed E-state index contributed by atoms with van der Waals surface area (Å²) in [5.74, 6) is -0.162. The predicted octanol–water partition coefficient (Wildman–Crippen LogP) is 3.54. The van der Waals surface area contributed by atoms with Crippen LogP contribution in [0.5, 0.6) is 5.75 Å². The molecule has 2 aromatic carbocycles. The Bertz CT molecular complexity index is 617. The van der Waals surface area contributed by atoms with Gasteiger partial charge in [0.15, 0.2) is 0 Å². The Kier molecular flexibility index (Phi) is 4.08. The summed E-state index contributed by atoms with van der Waals surface area (Å²) >= 11 is 0. The molecule has 1 N–H and O–H groups in total. The average molecular weight is 269 g/mol. The van der Waals surface area contributed by atoms with Gasteiger partial charge in [-0.15, -0.1) is 0 Å². The summed E-state index contributed by atoms with van der Waals surface area (Å²) in [5.41, 5.74) is 3.07. The van der Waals surface area contributed by atoms with Gasteiger partial charge in [0.2, 0.25) is 0 Å². The van der Waals surface area contributed by atoms with E-state index in [2.05, 4.69) is 6.92 Å². The Labute approximate surface area is 119 Å². The van der Waals surface area contributed by atoms with Gasteiger partial charge < -0.3 is 10.0 Å². The molecule has 0 aromatic heterocycles. The number of hydrogen-bond donors (Lipinski definition) is 1. The fourth-order valence-electron chi connectivity index (χ4n) is 2.08. The standard InChI is InChI=1S/C17H19NO2/c1-4-13-8-10-14(11-9-13)18(3)17(20)15-7-5-6-12(2)16(15)19/h5-11,19H,4H2,1-3H3. The van der Waals surface area contributed by atoms with Gasteiger partial charge in [-0.05, 0) is 42.7 Å². The van der Waals surface area contributed by atoms with E-state index in [1.54, 1.807) is 37.1 Å². The van der Waals surface area contributed by atoms with Crippen molar-refractivity contribution in [2.45, 2.75) is 20.3 Å². The van der Waals surface area contributed by atoms with Gasteiger partial charge in [0.05, 0.1) is 5.56 Å². The molecule has 3 heteroatoms. The minimum atomic E-state index is -0.213. The van der Waals surface area contributed by atoms with Crippen LogP contribution in [0.4, 0.5) is 5.69 Å². The second kappa shape index (κ2) is 5.78. The number of aryl methyl sites for hydroxylation is 2. The maximum atomic E-state index is 12.4. The van der Waals surface area contributed by atoms with Crippen LogP contribution in [-0.4, -0.2) is 18.1 Å². The number of hydrogen-bond acceptors (Lipinski definition) is 2. The van der Waals surface area contributed by atoms with Crippen LogP contribution in [0.25, 0.3) is 0 Å². The van der Waals surface area contributed by atoms with E-state index in [1.165, 1.54) is 5.56 Å². The minimum absolute atomic E-state index is 0.0505. The number of phenols is 1. The van der Waals surface area contributed by atoms with E-state index in [0.717, 1.165) is 12.1 Å². The first-order chi connectivity index (χ1) is 9.54. The third kappa shape index (κ3) is 2.67.